The molecule has 120 valence electrons. The topological polar surface area (TPSA) is 90.0 Å². The minimum Gasteiger partial charge on any atom is -0.481 e. The second kappa shape index (κ2) is 7.28. The van der Waals surface area contributed by atoms with Crippen molar-refractivity contribution >= 4 is 17.9 Å². The Morgan fingerprint density at radius 1 is 1.33 bits per heavy atom. The first kappa shape index (κ1) is 17.3. The van der Waals surface area contributed by atoms with Crippen molar-refractivity contribution in [1.29, 1.82) is 0 Å². The second-order valence-electron chi connectivity index (χ2n) is 5.85. The Bertz CT molecular complexity index is 411. The number of hydrogen-bond acceptors (Lipinski definition) is 3. The molecule has 0 spiro atoms. The molecule has 7 heteroatoms. The summed E-state index contributed by atoms with van der Waals surface area (Å²) in [6.07, 6.45) is 0. The Morgan fingerprint density at radius 2 is 1.95 bits per heavy atom. The van der Waals surface area contributed by atoms with Crippen molar-refractivity contribution in [1.82, 2.24) is 15.1 Å². The van der Waals surface area contributed by atoms with Gasteiger partial charge in [0.05, 0.1) is 5.92 Å². The van der Waals surface area contributed by atoms with Gasteiger partial charge in [0.15, 0.2) is 0 Å². The van der Waals surface area contributed by atoms with E-state index in [9.17, 15) is 14.4 Å². The number of hydrogen-bond donors (Lipinski definition) is 2. The highest BCUT2D eigenvalue weighted by atomic mass is 16.4. The summed E-state index contributed by atoms with van der Waals surface area (Å²) in [5, 5.41) is 11.9. The Morgan fingerprint density at radius 3 is 2.38 bits per heavy atom. The van der Waals surface area contributed by atoms with Crippen LogP contribution in [-0.2, 0) is 9.59 Å². The fourth-order valence-corrected chi connectivity index (χ4v) is 2.50. The van der Waals surface area contributed by atoms with E-state index in [-0.39, 0.29) is 37.0 Å². The number of amides is 3. The molecule has 3 amide bonds. The molecule has 0 aromatic carbocycles. The number of nitrogens with zero attached hydrogens (tertiary/aromatic N) is 2. The number of likely N-dealkylation sites (N-methyl/N-ethyl adjacent to an activating group) is 1. The van der Waals surface area contributed by atoms with Crippen LogP contribution in [0.1, 0.15) is 27.7 Å². The number of nitrogens with one attached hydrogen (secondary N) is 1. The smallest absolute Gasteiger partial charge is 0.320 e. The number of carboxylic acid groups (broad SMARTS) is 1. The maximum Gasteiger partial charge on any atom is 0.320 e. The van der Waals surface area contributed by atoms with Crippen LogP contribution in [0.2, 0.25) is 0 Å². The SMILES string of the molecule is CCN(CC(=O)NC(C)C)C(=O)N1C[C@@H](C)[C@H](C(=O)O)C1. The van der Waals surface area contributed by atoms with Crippen LogP contribution in [0, 0.1) is 11.8 Å². The third-order valence-electron chi connectivity index (χ3n) is 3.64. The van der Waals surface area contributed by atoms with Crippen LogP contribution in [0.15, 0.2) is 0 Å². The van der Waals surface area contributed by atoms with E-state index in [0.29, 0.717) is 13.1 Å². The molecule has 1 rings (SSSR count). The monoisotopic (exact) mass is 299 g/mol. The molecular weight excluding hydrogens is 274 g/mol. The van der Waals surface area contributed by atoms with E-state index in [4.69, 9.17) is 5.11 Å². The predicted molar refractivity (Wildman–Crippen MR) is 77.8 cm³/mol. The van der Waals surface area contributed by atoms with E-state index < -0.39 is 11.9 Å². The number of urea groups is 1. The highest BCUT2D eigenvalue weighted by molar-refractivity contribution is 5.84. The van der Waals surface area contributed by atoms with Gasteiger partial charge in [-0.25, -0.2) is 4.79 Å². The van der Waals surface area contributed by atoms with E-state index in [1.54, 1.807) is 6.92 Å². The van der Waals surface area contributed by atoms with E-state index >= 15 is 0 Å². The van der Waals surface area contributed by atoms with Gasteiger partial charge in [-0.1, -0.05) is 6.92 Å². The van der Waals surface area contributed by atoms with Crippen molar-refractivity contribution in [3.8, 4) is 0 Å². The maximum atomic E-state index is 12.4. The van der Waals surface area contributed by atoms with E-state index in [1.807, 2.05) is 20.8 Å². The van der Waals surface area contributed by atoms with Crippen molar-refractivity contribution in [2.75, 3.05) is 26.2 Å². The molecule has 0 unspecified atom stereocenters. The van der Waals surface area contributed by atoms with E-state index in [1.165, 1.54) is 9.80 Å². The summed E-state index contributed by atoms with van der Waals surface area (Å²) in [5.74, 6) is -1.69. The fraction of sp³-hybridized carbons (Fsp3) is 0.786. The summed E-state index contributed by atoms with van der Waals surface area (Å²) in [4.78, 5) is 38.2. The van der Waals surface area contributed by atoms with Gasteiger partial charge in [-0.2, -0.15) is 0 Å². The average molecular weight is 299 g/mol. The van der Waals surface area contributed by atoms with Gasteiger partial charge in [-0.15, -0.1) is 0 Å². The third kappa shape index (κ3) is 4.61. The molecule has 0 aromatic heterocycles. The highest BCUT2D eigenvalue weighted by Crippen LogP contribution is 2.24. The van der Waals surface area contributed by atoms with Crippen LogP contribution >= 0.6 is 0 Å². The summed E-state index contributed by atoms with van der Waals surface area (Å²) in [6.45, 7) is 8.37. The number of carboxylic acids is 1. The lowest BCUT2D eigenvalue weighted by Crippen LogP contribution is -2.47. The van der Waals surface area contributed by atoms with Gasteiger partial charge in [0.2, 0.25) is 5.91 Å². The summed E-state index contributed by atoms with van der Waals surface area (Å²) in [7, 11) is 0. The predicted octanol–water partition coefficient (Wildman–Crippen LogP) is 0.605. The first-order valence-electron chi connectivity index (χ1n) is 7.32. The molecule has 0 bridgehead atoms. The summed E-state index contributed by atoms with van der Waals surface area (Å²) in [6, 6.07) is -0.249. The molecule has 2 N–H and O–H groups in total. The van der Waals surface area contributed by atoms with Gasteiger partial charge in [0.25, 0.3) is 0 Å². The molecule has 1 fully saturated rings. The number of aliphatic carboxylic acids is 1. The van der Waals surface area contributed by atoms with Crippen LogP contribution in [0.5, 0.6) is 0 Å². The third-order valence-corrected chi connectivity index (χ3v) is 3.64. The molecule has 21 heavy (non-hydrogen) atoms. The molecule has 1 saturated heterocycles. The van der Waals surface area contributed by atoms with Gasteiger partial charge < -0.3 is 20.2 Å². The Balaban J connectivity index is 2.63. The zero-order valence-corrected chi connectivity index (χ0v) is 13.1. The van der Waals surface area contributed by atoms with Crippen molar-refractivity contribution in [3.63, 3.8) is 0 Å². The van der Waals surface area contributed by atoms with Crippen molar-refractivity contribution < 1.29 is 19.5 Å². The molecule has 1 aliphatic rings. The van der Waals surface area contributed by atoms with Gasteiger partial charge >= 0.3 is 12.0 Å². The van der Waals surface area contributed by atoms with Gasteiger partial charge in [0, 0.05) is 25.7 Å². The number of carbonyl (C=O) groups excluding carboxylic acids is 2. The Hall–Kier alpha value is -1.79. The van der Waals surface area contributed by atoms with Gasteiger partial charge in [0.1, 0.15) is 6.54 Å². The lowest BCUT2D eigenvalue weighted by Gasteiger charge is -2.27. The number of rotatable bonds is 5. The summed E-state index contributed by atoms with van der Waals surface area (Å²) in [5.41, 5.74) is 0. The van der Waals surface area contributed by atoms with Gasteiger partial charge in [-0.05, 0) is 26.7 Å². The zero-order chi connectivity index (χ0) is 16.2. The van der Waals surface area contributed by atoms with Crippen molar-refractivity contribution in [3.05, 3.63) is 0 Å². The molecule has 2 atom stereocenters. The lowest BCUT2D eigenvalue weighted by molar-refractivity contribution is -0.142. The molecular formula is C14H25N3O4. The Labute approximate surface area is 125 Å². The molecule has 7 nitrogen and oxygen atoms in total. The maximum absolute atomic E-state index is 12.4. The first-order chi connectivity index (χ1) is 9.76. The molecule has 1 aliphatic heterocycles. The standard InChI is InChI=1S/C14H25N3O4/c1-5-16(8-12(18)15-9(2)3)14(21)17-6-10(4)11(7-17)13(19)20/h9-11H,5-8H2,1-4H3,(H,15,18)(H,19,20)/t10-,11-/m1/s1. The first-order valence-corrected chi connectivity index (χ1v) is 7.32. The number of carbonyl (C=O) groups is 3. The second-order valence-corrected chi connectivity index (χ2v) is 5.85. The molecule has 0 aromatic rings. The lowest BCUT2D eigenvalue weighted by atomic mass is 9.99. The Kier molecular flexibility index (Phi) is 5.99. The summed E-state index contributed by atoms with van der Waals surface area (Å²) >= 11 is 0. The quantitative estimate of drug-likeness (QED) is 0.778. The molecule has 1 heterocycles. The van der Waals surface area contributed by atoms with Crippen LogP contribution in [0.4, 0.5) is 4.79 Å². The van der Waals surface area contributed by atoms with Gasteiger partial charge in [-0.3, -0.25) is 9.59 Å². The van der Waals surface area contributed by atoms with Crippen LogP contribution < -0.4 is 5.32 Å². The van der Waals surface area contributed by atoms with Crippen molar-refractivity contribution in [2.24, 2.45) is 11.8 Å². The average Bonchev–Trinajstić information content (AvgIpc) is 2.76. The largest absolute Gasteiger partial charge is 0.481 e. The van der Waals surface area contributed by atoms with Crippen LogP contribution in [0.3, 0.4) is 0 Å². The number of likely N-dealkylation sites (tertiary alicyclic amines) is 1. The zero-order valence-electron chi connectivity index (χ0n) is 13.1. The highest BCUT2D eigenvalue weighted by Gasteiger charge is 2.38. The fourth-order valence-electron chi connectivity index (χ4n) is 2.50. The molecule has 0 aliphatic carbocycles. The minimum atomic E-state index is -0.876. The van der Waals surface area contributed by atoms with E-state index in [0.717, 1.165) is 0 Å². The minimum absolute atomic E-state index is 0.00384. The van der Waals surface area contributed by atoms with Crippen LogP contribution in [0.25, 0.3) is 0 Å². The molecule has 0 saturated carbocycles. The summed E-state index contributed by atoms with van der Waals surface area (Å²) < 4.78 is 0. The van der Waals surface area contributed by atoms with Crippen molar-refractivity contribution in [2.45, 2.75) is 33.7 Å². The normalized spacial score (nSPS) is 21.5. The van der Waals surface area contributed by atoms with E-state index in [2.05, 4.69) is 5.32 Å². The van der Waals surface area contributed by atoms with Crippen LogP contribution in [-0.4, -0.2) is 65.0 Å². The molecule has 0 radical (unpaired) electrons.